The molecular weight excluding hydrogens is 348 g/mol. The smallest absolute Gasteiger partial charge is 0.317 e. The highest BCUT2D eigenvalue weighted by molar-refractivity contribution is 6.02. The van der Waals surface area contributed by atoms with Gasteiger partial charge in [0.25, 0.3) is 0 Å². The van der Waals surface area contributed by atoms with Crippen LogP contribution in [-0.4, -0.2) is 40.6 Å². The van der Waals surface area contributed by atoms with Gasteiger partial charge in [-0.05, 0) is 40.2 Å². The average Bonchev–Trinajstić information content (AvgIpc) is 2.52. The van der Waals surface area contributed by atoms with E-state index in [-0.39, 0.29) is 12.5 Å². The van der Waals surface area contributed by atoms with Crippen LogP contribution in [0.1, 0.15) is 52.5 Å². The Morgan fingerprint density at radius 3 is 2.07 bits per heavy atom. The normalized spacial score (nSPS) is 28.3. The summed E-state index contributed by atoms with van der Waals surface area (Å²) >= 11 is 0. The first-order valence-corrected chi connectivity index (χ1v) is 9.25. The zero-order chi connectivity index (χ0) is 20.4. The van der Waals surface area contributed by atoms with Crippen molar-refractivity contribution in [1.29, 1.82) is 0 Å². The van der Waals surface area contributed by atoms with Crippen molar-refractivity contribution >= 4 is 17.7 Å². The molecule has 0 unspecified atom stereocenters. The molecule has 1 aliphatic rings. The molecule has 2 rings (SSSR count). The molecule has 0 amide bonds. The number of hydrogen-bond donors (Lipinski definition) is 1. The fraction of sp³-hybridized carbons (Fsp3) is 0.571. The van der Waals surface area contributed by atoms with Crippen molar-refractivity contribution in [2.45, 2.75) is 64.8 Å². The molecule has 148 valence electrons. The summed E-state index contributed by atoms with van der Waals surface area (Å²) in [5.41, 5.74) is -1.01. The largest absolute Gasteiger partial charge is 0.463 e. The van der Waals surface area contributed by atoms with Crippen LogP contribution in [0.25, 0.3) is 0 Å². The molecule has 0 radical (unpaired) electrons. The Bertz CT molecular complexity index is 684. The highest BCUT2D eigenvalue weighted by Gasteiger charge is 2.57. The molecule has 1 saturated carbocycles. The molecule has 4 atom stereocenters. The Kier molecular flexibility index (Phi) is 6.42. The van der Waals surface area contributed by atoms with Gasteiger partial charge in [0.15, 0.2) is 5.78 Å². The van der Waals surface area contributed by atoms with Crippen LogP contribution in [0.5, 0.6) is 0 Å². The highest BCUT2D eigenvalue weighted by Crippen LogP contribution is 2.46. The zero-order valence-electron chi connectivity index (χ0n) is 16.5. The average molecular weight is 376 g/mol. The molecular formula is C21H28O6. The predicted molar refractivity (Wildman–Crippen MR) is 98.9 cm³/mol. The molecule has 1 aromatic carbocycles. The third kappa shape index (κ3) is 4.75. The summed E-state index contributed by atoms with van der Waals surface area (Å²) in [6, 6.07) is 8.81. The van der Waals surface area contributed by atoms with Crippen LogP contribution in [-0.2, 0) is 23.9 Å². The first kappa shape index (κ1) is 21.1. The minimum atomic E-state index is -1.63. The van der Waals surface area contributed by atoms with Gasteiger partial charge in [-0.1, -0.05) is 30.3 Å². The fourth-order valence-corrected chi connectivity index (χ4v) is 3.70. The fourth-order valence-electron chi connectivity index (χ4n) is 3.70. The summed E-state index contributed by atoms with van der Waals surface area (Å²) in [6.07, 6.45) is -1.10. The van der Waals surface area contributed by atoms with Crippen LogP contribution >= 0.6 is 0 Å². The molecule has 0 heterocycles. The summed E-state index contributed by atoms with van der Waals surface area (Å²) in [4.78, 5) is 38.4. The predicted octanol–water partition coefficient (Wildman–Crippen LogP) is 2.63. The van der Waals surface area contributed by atoms with E-state index in [1.54, 1.807) is 58.0 Å². The highest BCUT2D eigenvalue weighted by atomic mass is 16.5. The van der Waals surface area contributed by atoms with Gasteiger partial charge in [-0.15, -0.1) is 0 Å². The Balaban J connectivity index is 2.57. The minimum absolute atomic E-state index is 0.313. The van der Waals surface area contributed by atoms with E-state index in [0.29, 0.717) is 5.56 Å². The lowest BCUT2D eigenvalue weighted by Crippen LogP contribution is -2.55. The van der Waals surface area contributed by atoms with E-state index >= 15 is 0 Å². The van der Waals surface area contributed by atoms with Crippen molar-refractivity contribution in [3.8, 4) is 0 Å². The van der Waals surface area contributed by atoms with E-state index in [2.05, 4.69) is 0 Å². The van der Waals surface area contributed by atoms with E-state index < -0.39 is 47.2 Å². The molecule has 1 aliphatic carbocycles. The van der Waals surface area contributed by atoms with Gasteiger partial charge in [0.05, 0.1) is 23.7 Å². The molecule has 0 aromatic heterocycles. The molecule has 1 fully saturated rings. The Morgan fingerprint density at radius 1 is 1.04 bits per heavy atom. The summed E-state index contributed by atoms with van der Waals surface area (Å²) in [6.45, 7) is 8.26. The molecule has 27 heavy (non-hydrogen) atoms. The van der Waals surface area contributed by atoms with Crippen molar-refractivity contribution in [3.63, 3.8) is 0 Å². The number of aliphatic hydroxyl groups is 1. The van der Waals surface area contributed by atoms with Crippen molar-refractivity contribution in [3.05, 3.63) is 35.9 Å². The lowest BCUT2D eigenvalue weighted by atomic mass is 9.61. The Morgan fingerprint density at radius 2 is 1.56 bits per heavy atom. The minimum Gasteiger partial charge on any atom is -0.463 e. The second-order valence-corrected chi connectivity index (χ2v) is 7.86. The first-order chi connectivity index (χ1) is 12.5. The molecule has 6 heteroatoms. The van der Waals surface area contributed by atoms with Crippen molar-refractivity contribution in [1.82, 2.24) is 0 Å². The number of esters is 2. The van der Waals surface area contributed by atoms with E-state index in [4.69, 9.17) is 9.47 Å². The van der Waals surface area contributed by atoms with Gasteiger partial charge in [0, 0.05) is 12.3 Å². The van der Waals surface area contributed by atoms with Gasteiger partial charge < -0.3 is 14.6 Å². The number of benzene rings is 1. The van der Waals surface area contributed by atoms with E-state index in [0.717, 1.165) is 0 Å². The standard InChI is InChI=1S/C21H28O6/c1-12(2)26-19(23)17-15(22)11-21(5,25)18(20(24)27-13(3)4)16(17)14-9-7-6-8-10-14/h6-10,12-13,16-18,25H,11H2,1-5H3/t16-,17-,18+,21-/m0/s1. The van der Waals surface area contributed by atoms with Gasteiger partial charge >= 0.3 is 11.9 Å². The maximum atomic E-state index is 12.9. The van der Waals surface area contributed by atoms with Gasteiger partial charge in [-0.2, -0.15) is 0 Å². The van der Waals surface area contributed by atoms with Crippen molar-refractivity contribution < 1.29 is 29.0 Å². The van der Waals surface area contributed by atoms with E-state index in [1.807, 2.05) is 0 Å². The number of carbonyl (C=O) groups excluding carboxylic acids is 3. The molecule has 0 saturated heterocycles. The second-order valence-electron chi connectivity index (χ2n) is 7.86. The van der Waals surface area contributed by atoms with Crippen LogP contribution in [0.2, 0.25) is 0 Å². The van der Waals surface area contributed by atoms with E-state index in [1.165, 1.54) is 6.92 Å². The number of hydrogen-bond acceptors (Lipinski definition) is 6. The maximum Gasteiger partial charge on any atom is 0.317 e. The van der Waals surface area contributed by atoms with Gasteiger partial charge in [0.1, 0.15) is 5.92 Å². The summed E-state index contributed by atoms with van der Waals surface area (Å²) in [7, 11) is 0. The lowest BCUT2D eigenvalue weighted by molar-refractivity contribution is -0.176. The number of carbonyl (C=O) groups is 3. The molecule has 1 N–H and O–H groups in total. The molecule has 0 bridgehead atoms. The zero-order valence-corrected chi connectivity index (χ0v) is 16.5. The van der Waals surface area contributed by atoms with Crippen LogP contribution in [0, 0.1) is 11.8 Å². The van der Waals surface area contributed by atoms with Crippen molar-refractivity contribution in [2.24, 2.45) is 11.8 Å². The molecule has 0 spiro atoms. The van der Waals surface area contributed by atoms with Crippen LogP contribution in [0.3, 0.4) is 0 Å². The van der Waals surface area contributed by atoms with Crippen LogP contribution < -0.4 is 0 Å². The molecule has 6 nitrogen and oxygen atoms in total. The summed E-state index contributed by atoms with van der Waals surface area (Å²) < 4.78 is 10.7. The number of rotatable bonds is 5. The third-order valence-corrected chi connectivity index (χ3v) is 4.66. The van der Waals surface area contributed by atoms with Gasteiger partial charge in [-0.25, -0.2) is 0 Å². The quantitative estimate of drug-likeness (QED) is 0.628. The third-order valence-electron chi connectivity index (χ3n) is 4.66. The summed E-state index contributed by atoms with van der Waals surface area (Å²) in [5, 5.41) is 10.9. The van der Waals surface area contributed by atoms with Crippen molar-refractivity contribution in [2.75, 3.05) is 0 Å². The van der Waals surface area contributed by atoms with Gasteiger partial charge in [0.2, 0.25) is 0 Å². The number of Topliss-reactive ketones (excluding diaryl/α,β-unsaturated/α-hetero) is 1. The Labute approximate surface area is 159 Å². The monoisotopic (exact) mass is 376 g/mol. The number of ether oxygens (including phenoxy) is 2. The maximum absolute atomic E-state index is 12.9. The van der Waals surface area contributed by atoms with Crippen LogP contribution in [0.15, 0.2) is 30.3 Å². The topological polar surface area (TPSA) is 89.9 Å². The summed E-state index contributed by atoms with van der Waals surface area (Å²) in [5.74, 6) is -4.84. The molecule has 0 aliphatic heterocycles. The molecule has 1 aromatic rings. The van der Waals surface area contributed by atoms with Gasteiger partial charge in [-0.3, -0.25) is 14.4 Å². The number of ketones is 1. The Hall–Kier alpha value is -2.21. The van der Waals surface area contributed by atoms with E-state index in [9.17, 15) is 19.5 Å². The van der Waals surface area contributed by atoms with Crippen LogP contribution in [0.4, 0.5) is 0 Å². The lowest BCUT2D eigenvalue weighted by Gasteiger charge is -2.44. The second kappa shape index (κ2) is 8.21. The SMILES string of the molecule is CC(C)OC(=O)[C@H]1C(=O)C[C@](C)(O)[C@@H](C(=O)OC(C)C)[C@H]1c1ccccc1. The first-order valence-electron chi connectivity index (χ1n) is 9.25.